The minimum atomic E-state index is 0.209. The molecule has 19 heavy (non-hydrogen) atoms. The summed E-state index contributed by atoms with van der Waals surface area (Å²) in [6, 6.07) is 9.12. The molecule has 0 aliphatic carbocycles. The largest absolute Gasteiger partial charge is 0.364 e. The first-order valence-electron chi connectivity index (χ1n) is 7.23. The Morgan fingerprint density at radius 1 is 1.42 bits per heavy atom. The molecule has 2 atom stereocenters. The minimum absolute atomic E-state index is 0.209. The van der Waals surface area contributed by atoms with Crippen molar-refractivity contribution in [2.24, 2.45) is 5.92 Å². The predicted octanol–water partition coefficient (Wildman–Crippen LogP) is 4.05. The van der Waals surface area contributed by atoms with Crippen LogP contribution in [0, 0.1) is 5.92 Å². The molecule has 0 amide bonds. The molecule has 2 rings (SSSR count). The van der Waals surface area contributed by atoms with Crippen LogP contribution in [0.1, 0.15) is 34.1 Å². The maximum atomic E-state index is 3.74. The fraction of sp³-hybridized carbons (Fsp3) is 0.625. The lowest BCUT2D eigenvalue weighted by atomic mass is 9.89. The Hall–Kier alpha value is -0.540. The van der Waals surface area contributed by atoms with Gasteiger partial charge in [0.25, 0.3) is 0 Å². The van der Waals surface area contributed by atoms with Gasteiger partial charge < -0.3 is 10.2 Å². The molecule has 1 N–H and O–H groups in total. The van der Waals surface area contributed by atoms with Crippen LogP contribution in [0.3, 0.4) is 0 Å². The predicted molar refractivity (Wildman–Crippen MR) is 86.8 cm³/mol. The fourth-order valence-corrected chi connectivity index (χ4v) is 3.30. The van der Waals surface area contributed by atoms with Crippen molar-refractivity contribution in [3.8, 4) is 0 Å². The van der Waals surface area contributed by atoms with Crippen LogP contribution in [0.2, 0.25) is 0 Å². The Labute approximate surface area is 125 Å². The van der Waals surface area contributed by atoms with Crippen LogP contribution < -0.4 is 10.2 Å². The number of piperazine rings is 1. The number of hydrogen-bond acceptors (Lipinski definition) is 2. The van der Waals surface area contributed by atoms with E-state index in [2.05, 4.69) is 78.1 Å². The van der Waals surface area contributed by atoms with Crippen LogP contribution in [-0.4, -0.2) is 24.7 Å². The van der Waals surface area contributed by atoms with Crippen LogP contribution in [0.15, 0.2) is 28.7 Å². The molecule has 2 unspecified atom stereocenters. The van der Waals surface area contributed by atoms with Crippen LogP contribution in [-0.2, 0) is 0 Å². The fourth-order valence-electron chi connectivity index (χ4n) is 2.79. The Kier molecular flexibility index (Phi) is 4.57. The summed E-state index contributed by atoms with van der Waals surface area (Å²) in [5, 5.41) is 3.74. The zero-order valence-corrected chi connectivity index (χ0v) is 14.0. The molecule has 0 radical (unpaired) electrons. The summed E-state index contributed by atoms with van der Waals surface area (Å²) in [7, 11) is 0. The smallest absolute Gasteiger partial charge is 0.0514 e. The SMILES string of the molecule is CCC1(C)CN(c2ccccc2Br)C(C(C)C)CN1. The highest BCUT2D eigenvalue weighted by atomic mass is 79.9. The average molecular weight is 325 g/mol. The maximum Gasteiger partial charge on any atom is 0.0514 e. The molecule has 0 bridgehead atoms. The number of anilines is 1. The summed E-state index contributed by atoms with van der Waals surface area (Å²) in [6.07, 6.45) is 1.15. The van der Waals surface area contributed by atoms with Gasteiger partial charge in [0, 0.05) is 29.1 Å². The summed E-state index contributed by atoms with van der Waals surface area (Å²) in [5.74, 6) is 0.640. The van der Waals surface area contributed by atoms with Crippen LogP contribution in [0.4, 0.5) is 5.69 Å². The lowest BCUT2D eigenvalue weighted by Gasteiger charge is -2.49. The van der Waals surface area contributed by atoms with Gasteiger partial charge in [0.15, 0.2) is 0 Å². The van der Waals surface area contributed by atoms with Crippen molar-refractivity contribution in [2.75, 3.05) is 18.0 Å². The van der Waals surface area contributed by atoms with E-state index in [1.165, 1.54) is 10.2 Å². The van der Waals surface area contributed by atoms with Crippen molar-refractivity contribution in [3.63, 3.8) is 0 Å². The third-order valence-electron chi connectivity index (χ3n) is 4.37. The molecule has 0 aromatic heterocycles. The molecule has 1 saturated heterocycles. The van der Waals surface area contributed by atoms with Crippen molar-refractivity contribution in [1.82, 2.24) is 5.32 Å². The Morgan fingerprint density at radius 3 is 2.68 bits per heavy atom. The van der Waals surface area contributed by atoms with Gasteiger partial charge in [-0.05, 0) is 47.3 Å². The van der Waals surface area contributed by atoms with E-state index in [4.69, 9.17) is 0 Å². The van der Waals surface area contributed by atoms with E-state index in [-0.39, 0.29) is 5.54 Å². The van der Waals surface area contributed by atoms with Gasteiger partial charge >= 0.3 is 0 Å². The molecular weight excluding hydrogens is 300 g/mol. The second-order valence-corrected chi connectivity index (χ2v) is 7.04. The number of hydrogen-bond donors (Lipinski definition) is 1. The summed E-state index contributed by atoms with van der Waals surface area (Å²) in [5.41, 5.74) is 1.53. The van der Waals surface area contributed by atoms with Gasteiger partial charge in [-0.15, -0.1) is 0 Å². The number of benzene rings is 1. The topological polar surface area (TPSA) is 15.3 Å². The van der Waals surface area contributed by atoms with Crippen molar-refractivity contribution < 1.29 is 0 Å². The number of nitrogens with zero attached hydrogens (tertiary/aromatic N) is 1. The van der Waals surface area contributed by atoms with Gasteiger partial charge in [-0.25, -0.2) is 0 Å². The quantitative estimate of drug-likeness (QED) is 0.902. The Morgan fingerprint density at radius 2 is 2.11 bits per heavy atom. The molecule has 1 aromatic rings. The van der Waals surface area contributed by atoms with E-state index in [1.807, 2.05) is 0 Å². The van der Waals surface area contributed by atoms with Gasteiger partial charge in [0.05, 0.1) is 5.69 Å². The standard InChI is InChI=1S/C16H25BrN2/c1-5-16(4)11-19(15(10-18-16)12(2)3)14-9-7-6-8-13(14)17/h6-9,12,15,18H,5,10-11H2,1-4H3. The maximum absolute atomic E-state index is 3.74. The van der Waals surface area contributed by atoms with Gasteiger partial charge in [0.1, 0.15) is 0 Å². The molecule has 1 aliphatic heterocycles. The van der Waals surface area contributed by atoms with Crippen molar-refractivity contribution in [2.45, 2.75) is 45.7 Å². The van der Waals surface area contributed by atoms with E-state index < -0.39 is 0 Å². The normalized spacial score (nSPS) is 27.9. The lowest BCUT2D eigenvalue weighted by Crippen LogP contribution is -2.64. The third-order valence-corrected chi connectivity index (χ3v) is 5.04. The van der Waals surface area contributed by atoms with E-state index in [0.717, 1.165) is 19.5 Å². The molecule has 2 nitrogen and oxygen atoms in total. The van der Waals surface area contributed by atoms with Crippen LogP contribution >= 0.6 is 15.9 Å². The minimum Gasteiger partial charge on any atom is -0.364 e. The highest BCUT2D eigenvalue weighted by molar-refractivity contribution is 9.10. The second kappa shape index (κ2) is 5.84. The third kappa shape index (κ3) is 3.14. The number of nitrogens with one attached hydrogen (secondary N) is 1. The van der Waals surface area contributed by atoms with Crippen molar-refractivity contribution in [1.29, 1.82) is 0 Å². The van der Waals surface area contributed by atoms with Gasteiger partial charge in [-0.3, -0.25) is 0 Å². The number of halogens is 1. The molecule has 0 spiro atoms. The monoisotopic (exact) mass is 324 g/mol. The molecule has 0 saturated carbocycles. The summed E-state index contributed by atoms with van der Waals surface area (Å²) >= 11 is 3.71. The molecule has 1 fully saturated rings. The summed E-state index contributed by atoms with van der Waals surface area (Å²) in [4.78, 5) is 2.58. The first-order valence-corrected chi connectivity index (χ1v) is 8.02. The second-order valence-electron chi connectivity index (χ2n) is 6.19. The zero-order chi connectivity index (χ0) is 14.0. The molecule has 106 valence electrons. The first kappa shape index (κ1) is 14.9. The average Bonchev–Trinajstić information content (AvgIpc) is 2.39. The number of para-hydroxylation sites is 1. The van der Waals surface area contributed by atoms with E-state index >= 15 is 0 Å². The summed E-state index contributed by atoms with van der Waals surface area (Å²) < 4.78 is 1.20. The number of rotatable bonds is 3. The summed E-state index contributed by atoms with van der Waals surface area (Å²) in [6.45, 7) is 11.3. The molecule has 3 heteroatoms. The van der Waals surface area contributed by atoms with Crippen molar-refractivity contribution in [3.05, 3.63) is 28.7 Å². The Balaban J connectivity index is 2.33. The van der Waals surface area contributed by atoms with E-state index in [0.29, 0.717) is 12.0 Å². The highest BCUT2D eigenvalue weighted by Gasteiger charge is 2.36. The zero-order valence-electron chi connectivity index (χ0n) is 12.4. The lowest BCUT2D eigenvalue weighted by molar-refractivity contribution is 0.253. The highest BCUT2D eigenvalue weighted by Crippen LogP contribution is 2.33. The molecule has 1 aliphatic rings. The van der Waals surface area contributed by atoms with Gasteiger partial charge in [0.2, 0.25) is 0 Å². The molecular formula is C16H25BrN2. The molecule has 1 heterocycles. The van der Waals surface area contributed by atoms with Crippen molar-refractivity contribution >= 4 is 21.6 Å². The van der Waals surface area contributed by atoms with Gasteiger partial charge in [-0.2, -0.15) is 0 Å². The van der Waals surface area contributed by atoms with E-state index in [1.54, 1.807) is 0 Å². The van der Waals surface area contributed by atoms with E-state index in [9.17, 15) is 0 Å². The van der Waals surface area contributed by atoms with Crippen LogP contribution in [0.25, 0.3) is 0 Å². The molecule has 1 aromatic carbocycles. The van der Waals surface area contributed by atoms with Crippen LogP contribution in [0.5, 0.6) is 0 Å². The Bertz CT molecular complexity index is 433. The van der Waals surface area contributed by atoms with Gasteiger partial charge in [-0.1, -0.05) is 32.9 Å². The first-order chi connectivity index (χ1) is 8.97.